The molecule has 66 heavy (non-hydrogen) atoms. The molecule has 1 aromatic heterocycles. The van der Waals surface area contributed by atoms with Gasteiger partial charge in [-0.05, 0) is 108 Å². The van der Waals surface area contributed by atoms with Gasteiger partial charge in [-0.2, -0.15) is 0 Å². The Kier molecular flexibility index (Phi) is 12.1. The zero-order valence-electron chi connectivity index (χ0n) is 35.4. The van der Waals surface area contributed by atoms with Crippen LogP contribution in [0.1, 0.15) is 36.6 Å². The number of nitrogens with zero attached hydrogens (tertiary/aromatic N) is 2. The van der Waals surface area contributed by atoms with Crippen molar-refractivity contribution < 1.29 is 57.1 Å². The van der Waals surface area contributed by atoms with Crippen molar-refractivity contribution in [3.05, 3.63) is 138 Å². The Morgan fingerprint density at radius 1 is 0.727 bits per heavy atom. The topological polar surface area (TPSA) is 229 Å². The van der Waals surface area contributed by atoms with Crippen LogP contribution in [0.4, 0.5) is 0 Å². The molecule has 4 N–H and O–H groups in total. The van der Waals surface area contributed by atoms with Gasteiger partial charge in [0.25, 0.3) is 7.82 Å². The van der Waals surface area contributed by atoms with Gasteiger partial charge >= 0.3 is 7.82 Å². The first-order valence-electron chi connectivity index (χ1n) is 21.7. The predicted molar refractivity (Wildman–Crippen MR) is 245 cm³/mol. The van der Waals surface area contributed by atoms with Crippen molar-refractivity contribution >= 4 is 80.3 Å². The Morgan fingerprint density at radius 3 is 1.79 bits per heavy atom. The molecule has 7 atom stereocenters. The first-order valence-corrected chi connectivity index (χ1v) is 24.6. The minimum atomic E-state index is -5.04. The van der Waals surface area contributed by atoms with E-state index in [-0.39, 0.29) is 44.2 Å². The first-order chi connectivity index (χ1) is 31.8. The highest BCUT2D eigenvalue weighted by atomic mass is 31.2. The van der Waals surface area contributed by atoms with E-state index >= 15 is 0 Å². The van der Waals surface area contributed by atoms with Crippen molar-refractivity contribution in [3.8, 4) is 6.01 Å². The van der Waals surface area contributed by atoms with Crippen molar-refractivity contribution in [2.24, 2.45) is 0 Å². The summed E-state index contributed by atoms with van der Waals surface area (Å²) < 4.78 is 56.4. The fraction of sp³-hybridized carbons (Fsp3) is 0.265. The first kappa shape index (κ1) is 44.5. The van der Waals surface area contributed by atoms with Gasteiger partial charge in [0.05, 0.1) is 37.5 Å². The summed E-state index contributed by atoms with van der Waals surface area (Å²) in [5, 5.41) is 53.1. The molecule has 0 spiro atoms. The highest BCUT2D eigenvalue weighted by Gasteiger charge is 2.38. The van der Waals surface area contributed by atoms with Gasteiger partial charge in [-0.3, -0.25) is 19.0 Å². The molecule has 2 heterocycles. The second-order valence-electron chi connectivity index (χ2n) is 16.8. The van der Waals surface area contributed by atoms with Gasteiger partial charge in [-0.1, -0.05) is 109 Å². The summed E-state index contributed by atoms with van der Waals surface area (Å²) in [6.07, 6.45) is -4.09. The van der Waals surface area contributed by atoms with Crippen LogP contribution in [0.5, 0.6) is 6.01 Å². The lowest BCUT2D eigenvalue weighted by molar-refractivity contribution is -0.290. The zero-order valence-corrected chi connectivity index (χ0v) is 37.2. The van der Waals surface area contributed by atoms with Crippen molar-refractivity contribution in [3.63, 3.8) is 0 Å². The number of phosphoric ester groups is 2. The Labute approximate surface area is 377 Å². The van der Waals surface area contributed by atoms with Crippen LogP contribution in [0.15, 0.2) is 121 Å². The molecule has 1 fully saturated rings. The number of benzene rings is 8. The van der Waals surface area contributed by atoms with Gasteiger partial charge in [0, 0.05) is 19.2 Å². The van der Waals surface area contributed by atoms with Crippen molar-refractivity contribution in [1.82, 2.24) is 9.55 Å². The summed E-state index contributed by atoms with van der Waals surface area (Å²) in [7, 11) is -9.98. The van der Waals surface area contributed by atoms with Gasteiger partial charge in [0.2, 0.25) is 0 Å². The van der Waals surface area contributed by atoms with E-state index in [1.54, 1.807) is 0 Å². The van der Waals surface area contributed by atoms with Crippen LogP contribution in [-0.2, 0) is 44.8 Å². The van der Waals surface area contributed by atoms with E-state index in [0.29, 0.717) is 0 Å². The summed E-state index contributed by atoms with van der Waals surface area (Å²) in [4.78, 5) is 28.2. The minimum Gasteiger partial charge on any atom is -0.846 e. The number of rotatable bonds is 18. The predicted octanol–water partition coefficient (Wildman–Crippen LogP) is 7.51. The molecular weight excluding hydrogens is 884 g/mol. The smallest absolute Gasteiger partial charge is 0.472 e. The second kappa shape index (κ2) is 18.0. The summed E-state index contributed by atoms with van der Waals surface area (Å²) in [6.45, 7) is -1.42. The van der Waals surface area contributed by atoms with E-state index in [1.165, 1.54) is 12.3 Å². The quantitative estimate of drug-likeness (QED) is 0.0483. The maximum atomic E-state index is 13.7. The molecule has 8 aromatic carbocycles. The standard InChI is InChI=1S/C49H47N3O12P2/c50-43-19-22-52(49(55)51-43)44-27-41(54)42(62-44)28-61-66(58,59)64-38(26-36-14-12-34-10-8-30-4-2-6-32-16-18-40(36)48(34)46(30)32)21-24-60-65(56,57)63-37(20-23-53)25-35-13-11-33-9-7-29-3-1-5-31-15-17-39(35)47(33)45(29)31/h1-19,22,37-38,41-42,44,53-54H,20-21,23-28H2,(H,56,57)(H,58,59)(H2,50,51,55)/p-2. The summed E-state index contributed by atoms with van der Waals surface area (Å²) in [5.41, 5.74) is 1.38. The van der Waals surface area contributed by atoms with Gasteiger partial charge in [-0.15, -0.1) is 0 Å². The largest absolute Gasteiger partial charge is 0.846 e. The van der Waals surface area contributed by atoms with E-state index in [1.807, 2.05) is 78.9 Å². The molecule has 340 valence electrons. The van der Waals surface area contributed by atoms with Crippen molar-refractivity contribution in [2.75, 3.05) is 19.8 Å². The lowest BCUT2D eigenvalue weighted by Gasteiger charge is -2.29. The third-order valence-electron chi connectivity index (χ3n) is 12.6. The second-order valence-corrected chi connectivity index (χ2v) is 19.6. The van der Waals surface area contributed by atoms with Crippen LogP contribution in [0, 0.1) is 5.41 Å². The SMILES string of the molecule is N=c1ccn(C2CC(O)C(COP(=O)(O)OC(CCOP(=O)([O-])OC(CCO)Cc3ccc4ccc5cccc6ccc3c4c56)Cc3ccc4ccc5cccc6ccc3c4c56)O2)c([O-])n1. The number of aliphatic hydroxyl groups is 2. The van der Waals surface area contributed by atoms with E-state index in [9.17, 15) is 34.2 Å². The van der Waals surface area contributed by atoms with Gasteiger partial charge in [0.1, 0.15) is 17.8 Å². The fourth-order valence-electron chi connectivity index (χ4n) is 9.53. The number of phosphoric acid groups is 2. The average molecular weight is 930 g/mol. The van der Waals surface area contributed by atoms with Crippen molar-refractivity contribution in [2.45, 2.75) is 62.7 Å². The normalized spacial score (nSPS) is 19.7. The molecule has 0 amide bonds. The maximum Gasteiger partial charge on any atom is 0.472 e. The number of aliphatic hydroxyl groups excluding tert-OH is 2. The Hall–Kier alpha value is -5.38. The highest BCUT2D eigenvalue weighted by Crippen LogP contribution is 2.48. The summed E-state index contributed by atoms with van der Waals surface area (Å²) >= 11 is 0. The summed E-state index contributed by atoms with van der Waals surface area (Å²) in [5.74, 6) is 0. The van der Waals surface area contributed by atoms with Crippen LogP contribution in [0.3, 0.4) is 0 Å². The fourth-order valence-corrected chi connectivity index (χ4v) is 11.4. The van der Waals surface area contributed by atoms with Crippen LogP contribution >= 0.6 is 15.6 Å². The molecule has 15 nitrogen and oxygen atoms in total. The zero-order chi connectivity index (χ0) is 45.7. The highest BCUT2D eigenvalue weighted by molar-refractivity contribution is 7.47. The number of aromatic nitrogens is 2. The molecule has 17 heteroatoms. The van der Waals surface area contributed by atoms with E-state index < -0.39 is 65.5 Å². The molecular formula is C49H45N3O12P2-2. The van der Waals surface area contributed by atoms with Crippen LogP contribution < -0.4 is 15.5 Å². The third-order valence-corrected chi connectivity index (χ3v) is 14.7. The molecule has 9 aromatic rings. The molecule has 7 unspecified atom stereocenters. The molecule has 1 aliphatic heterocycles. The number of hydrogen-bond acceptors (Lipinski definition) is 13. The Bertz CT molecular complexity index is 3350. The monoisotopic (exact) mass is 929 g/mol. The third kappa shape index (κ3) is 8.93. The molecule has 0 bridgehead atoms. The van der Waals surface area contributed by atoms with Crippen molar-refractivity contribution in [1.29, 1.82) is 5.41 Å². The number of nitrogens with one attached hydrogen (secondary N) is 1. The van der Waals surface area contributed by atoms with E-state index in [0.717, 1.165) is 80.3 Å². The van der Waals surface area contributed by atoms with Gasteiger partial charge < -0.3 is 43.5 Å². The minimum absolute atomic E-state index is 0.00817. The summed E-state index contributed by atoms with van der Waals surface area (Å²) in [6, 6.07) is 36.8. The Morgan fingerprint density at radius 2 is 1.24 bits per heavy atom. The Balaban J connectivity index is 0.864. The van der Waals surface area contributed by atoms with Gasteiger partial charge in [-0.25, -0.2) is 9.55 Å². The number of ether oxygens (including phenoxy) is 1. The number of hydrogen-bond donors (Lipinski definition) is 4. The molecule has 0 radical (unpaired) electrons. The van der Waals surface area contributed by atoms with Crippen LogP contribution in [-0.4, -0.2) is 68.9 Å². The molecule has 1 aliphatic rings. The maximum absolute atomic E-state index is 13.7. The molecule has 0 saturated carbocycles. The average Bonchev–Trinajstić information content (AvgIpc) is 3.66. The lowest BCUT2D eigenvalue weighted by atomic mass is 9.90. The van der Waals surface area contributed by atoms with E-state index in [4.69, 9.17) is 28.2 Å². The van der Waals surface area contributed by atoms with Crippen LogP contribution in [0.2, 0.25) is 0 Å². The van der Waals surface area contributed by atoms with Crippen LogP contribution in [0.25, 0.3) is 64.6 Å². The van der Waals surface area contributed by atoms with E-state index in [2.05, 4.69) is 35.3 Å². The van der Waals surface area contributed by atoms with Gasteiger partial charge in [0.15, 0.2) is 0 Å². The molecule has 1 saturated heterocycles. The molecule has 10 rings (SSSR count). The molecule has 0 aliphatic carbocycles. The lowest BCUT2D eigenvalue weighted by Crippen LogP contribution is -2.27.